The molecule has 0 saturated heterocycles. The standard InChI is InChI=1S/C14H9Cl2FO/c15-11-5-1-3-9(7-11)13(18)8-10-4-2-6-12(17)14(10)16/h1-7H,8H2. The molecule has 4 heteroatoms. The zero-order chi connectivity index (χ0) is 13.1. The Balaban J connectivity index is 2.24. The van der Waals surface area contributed by atoms with Crippen molar-refractivity contribution in [3.63, 3.8) is 0 Å². The normalized spacial score (nSPS) is 10.4. The molecule has 0 bridgehead atoms. The van der Waals surface area contributed by atoms with Crippen LogP contribution in [0.25, 0.3) is 0 Å². The van der Waals surface area contributed by atoms with E-state index in [9.17, 15) is 9.18 Å². The van der Waals surface area contributed by atoms with Crippen molar-refractivity contribution >= 4 is 29.0 Å². The number of hydrogen-bond acceptors (Lipinski definition) is 1. The van der Waals surface area contributed by atoms with Crippen molar-refractivity contribution in [2.45, 2.75) is 6.42 Å². The second-order valence-electron chi connectivity index (χ2n) is 3.82. The van der Waals surface area contributed by atoms with E-state index in [1.165, 1.54) is 12.1 Å². The van der Waals surface area contributed by atoms with Crippen LogP contribution in [0, 0.1) is 5.82 Å². The molecule has 2 rings (SSSR count). The van der Waals surface area contributed by atoms with Crippen molar-refractivity contribution in [2.75, 3.05) is 0 Å². The quantitative estimate of drug-likeness (QED) is 0.755. The molecule has 92 valence electrons. The fraction of sp³-hybridized carbons (Fsp3) is 0.0714. The molecular weight excluding hydrogens is 274 g/mol. The zero-order valence-electron chi connectivity index (χ0n) is 9.29. The van der Waals surface area contributed by atoms with Gasteiger partial charge < -0.3 is 0 Å². The summed E-state index contributed by atoms with van der Waals surface area (Å²) in [6, 6.07) is 11.1. The summed E-state index contributed by atoms with van der Waals surface area (Å²) in [6.07, 6.45) is 0.0525. The van der Waals surface area contributed by atoms with E-state index >= 15 is 0 Å². The highest BCUT2D eigenvalue weighted by Crippen LogP contribution is 2.21. The molecule has 0 spiro atoms. The van der Waals surface area contributed by atoms with Crippen molar-refractivity contribution in [1.82, 2.24) is 0 Å². The maximum atomic E-state index is 13.2. The Hall–Kier alpha value is -1.38. The summed E-state index contributed by atoms with van der Waals surface area (Å²) < 4.78 is 13.2. The Morgan fingerprint density at radius 1 is 1.11 bits per heavy atom. The molecule has 0 aromatic heterocycles. The average molecular weight is 283 g/mol. The summed E-state index contributed by atoms with van der Waals surface area (Å²) in [5, 5.41) is 0.485. The van der Waals surface area contributed by atoms with Crippen LogP contribution in [0.2, 0.25) is 10.0 Å². The lowest BCUT2D eigenvalue weighted by Crippen LogP contribution is -2.04. The molecule has 0 radical (unpaired) electrons. The van der Waals surface area contributed by atoms with Crippen LogP contribution >= 0.6 is 23.2 Å². The minimum atomic E-state index is -0.520. The van der Waals surface area contributed by atoms with Gasteiger partial charge in [-0.2, -0.15) is 0 Å². The third-order valence-corrected chi connectivity index (χ3v) is 3.19. The number of benzene rings is 2. The number of rotatable bonds is 3. The van der Waals surface area contributed by atoms with Gasteiger partial charge in [0, 0.05) is 17.0 Å². The summed E-state index contributed by atoms with van der Waals surface area (Å²) in [4.78, 5) is 12.0. The van der Waals surface area contributed by atoms with E-state index in [4.69, 9.17) is 23.2 Å². The first-order valence-electron chi connectivity index (χ1n) is 5.29. The van der Waals surface area contributed by atoms with Crippen molar-refractivity contribution in [3.05, 3.63) is 69.5 Å². The number of hydrogen-bond donors (Lipinski definition) is 0. The predicted molar refractivity (Wildman–Crippen MR) is 70.9 cm³/mol. The Morgan fingerprint density at radius 3 is 2.56 bits per heavy atom. The number of ketones is 1. The Labute approximate surface area is 114 Å². The van der Waals surface area contributed by atoms with Gasteiger partial charge in [-0.3, -0.25) is 4.79 Å². The minimum Gasteiger partial charge on any atom is -0.294 e. The van der Waals surface area contributed by atoms with Crippen LogP contribution in [-0.2, 0) is 6.42 Å². The molecule has 2 aromatic carbocycles. The molecular formula is C14H9Cl2FO. The van der Waals surface area contributed by atoms with Gasteiger partial charge >= 0.3 is 0 Å². The van der Waals surface area contributed by atoms with Crippen LogP contribution in [0.1, 0.15) is 15.9 Å². The highest BCUT2D eigenvalue weighted by molar-refractivity contribution is 6.32. The molecule has 0 fully saturated rings. The van der Waals surface area contributed by atoms with E-state index in [0.29, 0.717) is 16.1 Å². The number of carbonyl (C=O) groups is 1. The van der Waals surface area contributed by atoms with Crippen LogP contribution in [0.3, 0.4) is 0 Å². The third kappa shape index (κ3) is 2.89. The van der Waals surface area contributed by atoms with Crippen molar-refractivity contribution in [3.8, 4) is 0 Å². The number of halogens is 3. The van der Waals surface area contributed by atoms with Gasteiger partial charge in [0.25, 0.3) is 0 Å². The second kappa shape index (κ2) is 5.51. The first kappa shape index (κ1) is 13.1. The Kier molecular flexibility index (Phi) is 4.00. The lowest BCUT2D eigenvalue weighted by Gasteiger charge is -2.05. The van der Waals surface area contributed by atoms with Gasteiger partial charge in [0.1, 0.15) is 5.82 Å². The second-order valence-corrected chi connectivity index (χ2v) is 4.64. The highest BCUT2D eigenvalue weighted by atomic mass is 35.5. The van der Waals surface area contributed by atoms with Crippen LogP contribution in [-0.4, -0.2) is 5.78 Å². The molecule has 2 aromatic rings. The predicted octanol–water partition coefficient (Wildman–Crippen LogP) is 4.56. The molecule has 0 aliphatic carbocycles. The lowest BCUT2D eigenvalue weighted by molar-refractivity contribution is 0.0993. The third-order valence-electron chi connectivity index (χ3n) is 2.53. The van der Waals surface area contributed by atoms with E-state index < -0.39 is 5.82 Å². The van der Waals surface area contributed by atoms with Crippen LogP contribution in [0.5, 0.6) is 0 Å². The maximum absolute atomic E-state index is 13.2. The molecule has 0 saturated carbocycles. The minimum absolute atomic E-state index is 0.00659. The largest absolute Gasteiger partial charge is 0.294 e. The fourth-order valence-electron chi connectivity index (χ4n) is 1.62. The van der Waals surface area contributed by atoms with E-state index in [1.54, 1.807) is 30.3 Å². The molecule has 0 atom stereocenters. The lowest BCUT2D eigenvalue weighted by atomic mass is 10.0. The monoisotopic (exact) mass is 282 g/mol. The first-order chi connectivity index (χ1) is 8.58. The smallest absolute Gasteiger partial charge is 0.167 e. The van der Waals surface area contributed by atoms with Gasteiger partial charge in [-0.1, -0.05) is 47.5 Å². The molecule has 0 N–H and O–H groups in total. The maximum Gasteiger partial charge on any atom is 0.167 e. The van der Waals surface area contributed by atoms with Gasteiger partial charge in [-0.25, -0.2) is 4.39 Å². The first-order valence-corrected chi connectivity index (χ1v) is 6.05. The summed E-state index contributed by atoms with van der Waals surface area (Å²) in [7, 11) is 0. The van der Waals surface area contributed by atoms with Crippen LogP contribution in [0.15, 0.2) is 42.5 Å². The van der Waals surface area contributed by atoms with Crippen LogP contribution in [0.4, 0.5) is 4.39 Å². The average Bonchev–Trinajstić information content (AvgIpc) is 2.35. The molecule has 0 aliphatic rings. The Bertz CT molecular complexity index is 596. The number of carbonyl (C=O) groups excluding carboxylic acids is 1. The summed E-state index contributed by atoms with van der Waals surface area (Å²) in [5.41, 5.74) is 0.962. The van der Waals surface area contributed by atoms with Gasteiger partial charge in [0.15, 0.2) is 5.78 Å². The summed E-state index contributed by atoms with van der Waals surface area (Å²) >= 11 is 11.6. The number of Topliss-reactive ketones (excluding diaryl/α,β-unsaturated/α-hetero) is 1. The molecule has 0 aliphatic heterocycles. The Morgan fingerprint density at radius 2 is 1.83 bits per heavy atom. The molecule has 0 heterocycles. The van der Waals surface area contributed by atoms with E-state index in [-0.39, 0.29) is 17.2 Å². The zero-order valence-corrected chi connectivity index (χ0v) is 10.8. The van der Waals surface area contributed by atoms with Gasteiger partial charge in [0.2, 0.25) is 0 Å². The van der Waals surface area contributed by atoms with E-state index in [2.05, 4.69) is 0 Å². The summed E-state index contributed by atoms with van der Waals surface area (Å²) in [6.45, 7) is 0. The molecule has 18 heavy (non-hydrogen) atoms. The highest BCUT2D eigenvalue weighted by Gasteiger charge is 2.12. The fourth-order valence-corrected chi connectivity index (χ4v) is 2.01. The topological polar surface area (TPSA) is 17.1 Å². The van der Waals surface area contributed by atoms with Gasteiger partial charge in [-0.05, 0) is 23.8 Å². The van der Waals surface area contributed by atoms with Crippen molar-refractivity contribution in [1.29, 1.82) is 0 Å². The molecule has 0 amide bonds. The summed E-state index contributed by atoms with van der Waals surface area (Å²) in [5.74, 6) is -0.668. The van der Waals surface area contributed by atoms with Crippen molar-refractivity contribution < 1.29 is 9.18 Å². The SMILES string of the molecule is O=C(Cc1cccc(F)c1Cl)c1cccc(Cl)c1. The van der Waals surface area contributed by atoms with Gasteiger partial charge in [0.05, 0.1) is 5.02 Å². The van der Waals surface area contributed by atoms with Crippen molar-refractivity contribution in [2.24, 2.45) is 0 Å². The molecule has 1 nitrogen and oxygen atoms in total. The molecule has 0 unspecified atom stereocenters. The van der Waals surface area contributed by atoms with E-state index in [0.717, 1.165) is 0 Å². The van der Waals surface area contributed by atoms with Gasteiger partial charge in [-0.15, -0.1) is 0 Å². The van der Waals surface area contributed by atoms with Crippen LogP contribution < -0.4 is 0 Å². The van der Waals surface area contributed by atoms with E-state index in [1.807, 2.05) is 0 Å².